The van der Waals surface area contributed by atoms with Crippen molar-refractivity contribution in [2.75, 3.05) is 0 Å². The van der Waals surface area contributed by atoms with Gasteiger partial charge in [-0.15, -0.1) is 0 Å². The number of rotatable bonds is 6. The van der Waals surface area contributed by atoms with Crippen LogP contribution < -0.4 is 5.32 Å². The largest absolute Gasteiger partial charge is 0.480 e. The van der Waals surface area contributed by atoms with Crippen molar-refractivity contribution in [1.29, 1.82) is 0 Å². The molecular formula is C22H18FNO3. The van der Waals surface area contributed by atoms with Crippen LogP contribution in [0.4, 0.5) is 4.39 Å². The van der Waals surface area contributed by atoms with E-state index in [-0.39, 0.29) is 12.0 Å². The second-order valence-electron chi connectivity index (χ2n) is 6.14. The first-order chi connectivity index (χ1) is 13.0. The molecule has 0 aliphatic carbocycles. The Balaban J connectivity index is 1.71. The van der Waals surface area contributed by atoms with Crippen LogP contribution in [0.15, 0.2) is 78.9 Å². The number of amides is 1. The zero-order chi connectivity index (χ0) is 19.2. The fraction of sp³-hybridized carbons (Fsp3) is 0.0909. The van der Waals surface area contributed by atoms with Crippen molar-refractivity contribution < 1.29 is 19.1 Å². The molecule has 3 rings (SSSR count). The van der Waals surface area contributed by atoms with Gasteiger partial charge >= 0.3 is 5.97 Å². The summed E-state index contributed by atoms with van der Waals surface area (Å²) >= 11 is 0. The van der Waals surface area contributed by atoms with Gasteiger partial charge in [-0.1, -0.05) is 60.7 Å². The highest BCUT2D eigenvalue weighted by molar-refractivity contribution is 5.96. The predicted octanol–water partition coefficient (Wildman–Crippen LogP) is 3.92. The van der Waals surface area contributed by atoms with Crippen LogP contribution in [0.1, 0.15) is 15.9 Å². The molecule has 3 aromatic rings. The topological polar surface area (TPSA) is 66.4 Å². The number of hydrogen-bond acceptors (Lipinski definition) is 2. The number of hydrogen-bond donors (Lipinski definition) is 2. The Kier molecular flexibility index (Phi) is 5.61. The number of halogens is 1. The van der Waals surface area contributed by atoms with E-state index in [9.17, 15) is 19.1 Å². The van der Waals surface area contributed by atoms with Crippen LogP contribution in [0, 0.1) is 5.82 Å². The molecule has 0 unspecified atom stereocenters. The van der Waals surface area contributed by atoms with Crippen LogP contribution >= 0.6 is 0 Å². The molecular weight excluding hydrogens is 345 g/mol. The smallest absolute Gasteiger partial charge is 0.326 e. The highest BCUT2D eigenvalue weighted by Crippen LogP contribution is 2.19. The highest BCUT2D eigenvalue weighted by Gasteiger charge is 2.21. The SMILES string of the molecule is O=C(N[C@H](Cc1ccc(-c2ccccc2)cc1)C(=O)O)c1cccc(F)c1. The van der Waals surface area contributed by atoms with Crippen LogP contribution in [0.25, 0.3) is 11.1 Å². The van der Waals surface area contributed by atoms with Crippen LogP contribution in [0.2, 0.25) is 0 Å². The van der Waals surface area contributed by atoms with E-state index in [0.29, 0.717) is 0 Å². The van der Waals surface area contributed by atoms with Crippen LogP contribution in [-0.2, 0) is 11.2 Å². The van der Waals surface area contributed by atoms with E-state index in [2.05, 4.69) is 5.32 Å². The molecule has 1 amide bonds. The van der Waals surface area contributed by atoms with Gasteiger partial charge in [-0.05, 0) is 34.9 Å². The molecule has 0 bridgehead atoms. The van der Waals surface area contributed by atoms with Gasteiger partial charge in [0.1, 0.15) is 11.9 Å². The van der Waals surface area contributed by atoms with Crippen LogP contribution in [0.3, 0.4) is 0 Å². The molecule has 27 heavy (non-hydrogen) atoms. The van der Waals surface area contributed by atoms with Crippen molar-refractivity contribution in [3.63, 3.8) is 0 Å². The Bertz CT molecular complexity index is 939. The number of carbonyl (C=O) groups is 2. The van der Waals surface area contributed by atoms with Crippen molar-refractivity contribution in [3.8, 4) is 11.1 Å². The molecule has 0 aliphatic heterocycles. The molecule has 4 nitrogen and oxygen atoms in total. The van der Waals surface area contributed by atoms with E-state index in [4.69, 9.17) is 0 Å². The van der Waals surface area contributed by atoms with Crippen molar-refractivity contribution in [3.05, 3.63) is 95.8 Å². The maximum absolute atomic E-state index is 13.3. The van der Waals surface area contributed by atoms with Gasteiger partial charge in [0.15, 0.2) is 0 Å². The third-order valence-corrected chi connectivity index (χ3v) is 4.19. The fourth-order valence-corrected chi connectivity index (χ4v) is 2.77. The van der Waals surface area contributed by atoms with E-state index in [1.54, 1.807) is 0 Å². The lowest BCUT2D eigenvalue weighted by molar-refractivity contribution is -0.139. The number of carboxylic acids is 1. The first-order valence-corrected chi connectivity index (χ1v) is 8.46. The summed E-state index contributed by atoms with van der Waals surface area (Å²) in [5.41, 5.74) is 2.95. The van der Waals surface area contributed by atoms with Crippen molar-refractivity contribution in [2.45, 2.75) is 12.5 Å². The van der Waals surface area contributed by atoms with Gasteiger partial charge in [-0.3, -0.25) is 4.79 Å². The molecule has 0 spiro atoms. The Morgan fingerprint density at radius 2 is 1.56 bits per heavy atom. The molecule has 2 N–H and O–H groups in total. The molecule has 3 aromatic carbocycles. The third-order valence-electron chi connectivity index (χ3n) is 4.19. The van der Waals surface area contributed by atoms with Crippen LogP contribution in [-0.4, -0.2) is 23.0 Å². The van der Waals surface area contributed by atoms with Gasteiger partial charge in [0.05, 0.1) is 0 Å². The van der Waals surface area contributed by atoms with Gasteiger partial charge in [0.25, 0.3) is 5.91 Å². The number of benzene rings is 3. The van der Waals surface area contributed by atoms with E-state index in [1.807, 2.05) is 54.6 Å². The molecule has 1 atom stereocenters. The zero-order valence-electron chi connectivity index (χ0n) is 14.4. The van der Waals surface area contributed by atoms with Gasteiger partial charge in [0.2, 0.25) is 0 Å². The monoisotopic (exact) mass is 363 g/mol. The predicted molar refractivity (Wildman–Crippen MR) is 101 cm³/mol. The lowest BCUT2D eigenvalue weighted by Gasteiger charge is -2.15. The standard InChI is InChI=1S/C22H18FNO3/c23-19-8-4-7-18(14-19)21(25)24-20(22(26)27)13-15-9-11-17(12-10-15)16-5-2-1-3-6-16/h1-12,14,20H,13H2,(H,24,25)(H,26,27)/t20-/m1/s1. The first kappa shape index (κ1) is 18.3. The summed E-state index contributed by atoms with van der Waals surface area (Å²) in [5, 5.41) is 11.9. The summed E-state index contributed by atoms with van der Waals surface area (Å²) in [5.74, 6) is -2.32. The Morgan fingerprint density at radius 3 is 2.19 bits per heavy atom. The minimum absolute atomic E-state index is 0.0840. The minimum Gasteiger partial charge on any atom is -0.480 e. The second-order valence-corrected chi connectivity index (χ2v) is 6.14. The summed E-state index contributed by atoms with van der Waals surface area (Å²) in [6.07, 6.45) is 0.130. The maximum atomic E-state index is 13.3. The Hall–Kier alpha value is -3.47. The quantitative estimate of drug-likeness (QED) is 0.698. The molecule has 0 saturated carbocycles. The minimum atomic E-state index is -1.15. The summed E-state index contributed by atoms with van der Waals surface area (Å²) in [4.78, 5) is 23.7. The van der Waals surface area contributed by atoms with Gasteiger partial charge in [0, 0.05) is 12.0 Å². The van der Waals surface area contributed by atoms with E-state index in [0.717, 1.165) is 22.8 Å². The van der Waals surface area contributed by atoms with Crippen molar-refractivity contribution >= 4 is 11.9 Å². The summed E-state index contributed by atoms with van der Waals surface area (Å²) in [6, 6.07) is 21.4. The fourth-order valence-electron chi connectivity index (χ4n) is 2.77. The normalized spacial score (nSPS) is 11.6. The Morgan fingerprint density at radius 1 is 0.889 bits per heavy atom. The average Bonchev–Trinajstić information content (AvgIpc) is 2.68. The molecule has 0 heterocycles. The van der Waals surface area contributed by atoms with E-state index < -0.39 is 23.7 Å². The molecule has 0 aromatic heterocycles. The van der Waals surface area contributed by atoms with E-state index in [1.165, 1.54) is 18.2 Å². The summed E-state index contributed by atoms with van der Waals surface area (Å²) < 4.78 is 13.3. The molecule has 136 valence electrons. The summed E-state index contributed by atoms with van der Waals surface area (Å²) in [7, 11) is 0. The molecule has 0 fully saturated rings. The third kappa shape index (κ3) is 4.79. The molecule has 0 saturated heterocycles. The number of carbonyl (C=O) groups excluding carboxylic acids is 1. The second kappa shape index (κ2) is 8.27. The van der Waals surface area contributed by atoms with Crippen molar-refractivity contribution in [2.24, 2.45) is 0 Å². The lowest BCUT2D eigenvalue weighted by atomic mass is 10.0. The van der Waals surface area contributed by atoms with Gasteiger partial charge in [-0.25, -0.2) is 9.18 Å². The molecule has 0 radical (unpaired) electrons. The number of nitrogens with one attached hydrogen (secondary N) is 1. The van der Waals surface area contributed by atoms with Gasteiger partial charge < -0.3 is 10.4 Å². The first-order valence-electron chi connectivity index (χ1n) is 8.46. The molecule has 0 aliphatic rings. The highest BCUT2D eigenvalue weighted by atomic mass is 19.1. The van der Waals surface area contributed by atoms with Crippen LogP contribution in [0.5, 0.6) is 0 Å². The number of carboxylic acid groups (broad SMARTS) is 1. The molecule has 5 heteroatoms. The van der Waals surface area contributed by atoms with Gasteiger partial charge in [-0.2, -0.15) is 0 Å². The average molecular weight is 363 g/mol. The van der Waals surface area contributed by atoms with Crippen molar-refractivity contribution in [1.82, 2.24) is 5.32 Å². The lowest BCUT2D eigenvalue weighted by Crippen LogP contribution is -2.42. The zero-order valence-corrected chi connectivity index (χ0v) is 14.4. The Labute approximate surface area is 156 Å². The van der Waals surface area contributed by atoms with E-state index >= 15 is 0 Å². The summed E-state index contributed by atoms with van der Waals surface area (Å²) in [6.45, 7) is 0. The maximum Gasteiger partial charge on any atom is 0.326 e. The number of aliphatic carboxylic acids is 1.